The van der Waals surface area contributed by atoms with Gasteiger partial charge in [0.1, 0.15) is 13.2 Å². The maximum Gasteiger partial charge on any atom is 0.254 e. The normalized spacial score (nSPS) is 18.0. The summed E-state index contributed by atoms with van der Waals surface area (Å²) in [7, 11) is 1.49. The molecule has 4 rings (SSSR count). The van der Waals surface area contributed by atoms with Crippen LogP contribution in [0, 0.1) is 0 Å². The molecule has 3 aromatic rings. The van der Waals surface area contributed by atoms with Gasteiger partial charge in [0.2, 0.25) is 5.89 Å². The Kier molecular flexibility index (Phi) is 4.65. The molecule has 2 heterocycles. The third-order valence-electron chi connectivity index (χ3n) is 4.54. The zero-order valence-electron chi connectivity index (χ0n) is 14.8. The molecule has 7 nitrogen and oxygen atoms in total. The standard InChI is InChI=1S/C20H18N4O3/c1-26-23-17-11-18(19-21-13-22-27-19)24(12-17)20(25)16-9-7-15(8-10-16)14-5-3-2-4-6-14/h2-10,13,18H,11-12H2,1H3/b23-17+/t18-/m0/s1. The average Bonchev–Trinajstić information content (AvgIpc) is 3.38. The third kappa shape index (κ3) is 3.44. The van der Waals surface area contributed by atoms with Gasteiger partial charge in [-0.3, -0.25) is 4.79 Å². The van der Waals surface area contributed by atoms with Crippen molar-refractivity contribution in [3.63, 3.8) is 0 Å². The molecule has 27 heavy (non-hydrogen) atoms. The Bertz CT molecular complexity index is 937. The second-order valence-electron chi connectivity index (χ2n) is 6.22. The summed E-state index contributed by atoms with van der Waals surface area (Å²) in [5, 5.41) is 7.65. The molecule has 136 valence electrons. The van der Waals surface area contributed by atoms with E-state index in [9.17, 15) is 4.79 Å². The van der Waals surface area contributed by atoms with E-state index in [2.05, 4.69) is 15.3 Å². The summed E-state index contributed by atoms with van der Waals surface area (Å²) in [5.74, 6) is 0.282. The number of likely N-dealkylation sites (tertiary alicyclic amines) is 1. The first-order valence-electron chi connectivity index (χ1n) is 8.58. The number of carbonyl (C=O) groups excluding carboxylic acids is 1. The Labute approximate surface area is 156 Å². The molecule has 1 amide bonds. The monoisotopic (exact) mass is 362 g/mol. The average molecular weight is 362 g/mol. The second-order valence-corrected chi connectivity index (χ2v) is 6.22. The van der Waals surface area contributed by atoms with E-state index >= 15 is 0 Å². The first-order chi connectivity index (χ1) is 13.3. The van der Waals surface area contributed by atoms with Crippen LogP contribution in [0.3, 0.4) is 0 Å². The summed E-state index contributed by atoms with van der Waals surface area (Å²) in [6, 6.07) is 17.3. The first-order valence-corrected chi connectivity index (χ1v) is 8.58. The zero-order valence-corrected chi connectivity index (χ0v) is 14.8. The van der Waals surface area contributed by atoms with Gasteiger partial charge in [0, 0.05) is 12.0 Å². The van der Waals surface area contributed by atoms with Gasteiger partial charge in [0.25, 0.3) is 5.91 Å². The molecule has 0 aliphatic carbocycles. The highest BCUT2D eigenvalue weighted by Gasteiger charge is 2.38. The molecule has 0 saturated carbocycles. The van der Waals surface area contributed by atoms with Gasteiger partial charge in [-0.2, -0.15) is 4.98 Å². The van der Waals surface area contributed by atoms with Crippen LogP contribution in [-0.4, -0.2) is 40.3 Å². The van der Waals surface area contributed by atoms with Gasteiger partial charge in [-0.05, 0) is 23.3 Å². The van der Waals surface area contributed by atoms with Crippen LogP contribution in [0.5, 0.6) is 0 Å². The van der Waals surface area contributed by atoms with E-state index in [4.69, 9.17) is 9.36 Å². The number of benzene rings is 2. The molecule has 1 aliphatic rings. The number of nitrogens with zero attached hydrogens (tertiary/aromatic N) is 4. The lowest BCUT2D eigenvalue weighted by Crippen LogP contribution is -2.31. The van der Waals surface area contributed by atoms with Crippen molar-refractivity contribution in [3.8, 4) is 11.1 Å². The molecule has 1 aromatic heterocycles. The number of amides is 1. The number of oxime groups is 1. The van der Waals surface area contributed by atoms with Gasteiger partial charge >= 0.3 is 0 Å². The van der Waals surface area contributed by atoms with Gasteiger partial charge in [-0.15, -0.1) is 0 Å². The van der Waals surface area contributed by atoms with Crippen molar-refractivity contribution < 1.29 is 14.2 Å². The smallest absolute Gasteiger partial charge is 0.254 e. The Hall–Kier alpha value is -3.48. The number of rotatable bonds is 4. The minimum absolute atomic E-state index is 0.112. The highest BCUT2D eigenvalue weighted by molar-refractivity contribution is 6.00. The topological polar surface area (TPSA) is 80.8 Å². The molecule has 0 bridgehead atoms. The largest absolute Gasteiger partial charge is 0.399 e. The highest BCUT2D eigenvalue weighted by Crippen LogP contribution is 2.31. The maximum absolute atomic E-state index is 13.1. The van der Waals surface area contributed by atoms with E-state index < -0.39 is 0 Å². The lowest BCUT2D eigenvalue weighted by molar-refractivity contribution is 0.0713. The van der Waals surface area contributed by atoms with Crippen LogP contribution in [0.1, 0.15) is 28.7 Å². The predicted octanol–water partition coefficient (Wildman–Crippen LogP) is 3.33. The van der Waals surface area contributed by atoms with Crippen molar-refractivity contribution in [1.29, 1.82) is 0 Å². The quantitative estimate of drug-likeness (QED) is 0.665. The maximum atomic E-state index is 13.1. The first kappa shape index (κ1) is 17.0. The SMILES string of the molecule is CO/N=C1\C[C@@H](c2ncno2)N(C(=O)c2ccc(-c3ccccc3)cc2)C1. The minimum atomic E-state index is -0.345. The van der Waals surface area contributed by atoms with Gasteiger partial charge in [0.05, 0.1) is 12.3 Å². The molecule has 0 unspecified atom stereocenters. The Morgan fingerprint density at radius 3 is 2.56 bits per heavy atom. The fourth-order valence-corrected chi connectivity index (χ4v) is 3.26. The van der Waals surface area contributed by atoms with Gasteiger partial charge in [-0.1, -0.05) is 52.8 Å². The molecular weight excluding hydrogens is 344 g/mol. The van der Waals surface area contributed by atoms with Crippen molar-refractivity contribution in [3.05, 3.63) is 72.4 Å². The molecule has 1 fully saturated rings. The molecule has 0 radical (unpaired) electrons. The van der Waals surface area contributed by atoms with Crippen LogP contribution in [-0.2, 0) is 4.84 Å². The van der Waals surface area contributed by atoms with Crippen molar-refractivity contribution in [1.82, 2.24) is 15.0 Å². The van der Waals surface area contributed by atoms with E-state index in [0.717, 1.165) is 16.8 Å². The number of carbonyl (C=O) groups is 1. The molecule has 1 saturated heterocycles. The van der Waals surface area contributed by atoms with Crippen molar-refractivity contribution in [2.75, 3.05) is 13.7 Å². The second kappa shape index (κ2) is 7.41. The molecule has 1 atom stereocenters. The predicted molar refractivity (Wildman–Crippen MR) is 99.0 cm³/mol. The molecule has 0 N–H and O–H groups in total. The molecule has 7 heteroatoms. The van der Waals surface area contributed by atoms with E-state index in [1.54, 1.807) is 4.90 Å². The molecule has 0 spiro atoms. The van der Waals surface area contributed by atoms with Crippen LogP contribution in [0.2, 0.25) is 0 Å². The number of aromatic nitrogens is 2. The summed E-state index contributed by atoms with van der Waals surface area (Å²) in [6.45, 7) is 0.361. The van der Waals surface area contributed by atoms with Crippen molar-refractivity contribution in [2.24, 2.45) is 5.16 Å². The van der Waals surface area contributed by atoms with Gasteiger partial charge < -0.3 is 14.3 Å². The molecule has 1 aliphatic heterocycles. The Morgan fingerprint density at radius 2 is 1.89 bits per heavy atom. The van der Waals surface area contributed by atoms with E-state index in [-0.39, 0.29) is 11.9 Å². The van der Waals surface area contributed by atoms with Gasteiger partial charge in [0.15, 0.2) is 6.33 Å². The molecule has 2 aromatic carbocycles. The lowest BCUT2D eigenvalue weighted by Gasteiger charge is -2.21. The van der Waals surface area contributed by atoms with Crippen LogP contribution in [0.4, 0.5) is 0 Å². The summed E-state index contributed by atoms with van der Waals surface area (Å²) in [4.78, 5) is 23.8. The summed E-state index contributed by atoms with van der Waals surface area (Å²) in [5.41, 5.74) is 3.52. The van der Waals surface area contributed by atoms with Crippen LogP contribution >= 0.6 is 0 Å². The van der Waals surface area contributed by atoms with Crippen molar-refractivity contribution >= 4 is 11.6 Å². The fraction of sp³-hybridized carbons (Fsp3) is 0.200. The highest BCUT2D eigenvalue weighted by atomic mass is 16.6. The van der Waals surface area contributed by atoms with E-state index in [0.29, 0.717) is 24.4 Å². The number of hydrogen-bond acceptors (Lipinski definition) is 6. The van der Waals surface area contributed by atoms with Crippen LogP contribution < -0.4 is 0 Å². The van der Waals surface area contributed by atoms with Gasteiger partial charge in [-0.25, -0.2) is 0 Å². The number of hydrogen-bond donors (Lipinski definition) is 0. The zero-order chi connectivity index (χ0) is 18.6. The fourth-order valence-electron chi connectivity index (χ4n) is 3.26. The van der Waals surface area contributed by atoms with Crippen LogP contribution in [0.15, 0.2) is 70.6 Å². The molecular formula is C20H18N4O3. The van der Waals surface area contributed by atoms with Crippen LogP contribution in [0.25, 0.3) is 11.1 Å². The third-order valence-corrected chi connectivity index (χ3v) is 4.54. The summed E-state index contributed by atoms with van der Waals surface area (Å²) >= 11 is 0. The Morgan fingerprint density at radius 1 is 1.15 bits per heavy atom. The minimum Gasteiger partial charge on any atom is -0.399 e. The van der Waals surface area contributed by atoms with E-state index in [1.165, 1.54) is 13.4 Å². The summed E-state index contributed by atoms with van der Waals surface area (Å²) in [6.07, 6.45) is 1.84. The van der Waals surface area contributed by atoms with E-state index in [1.807, 2.05) is 54.6 Å². The Balaban J connectivity index is 1.59. The lowest BCUT2D eigenvalue weighted by atomic mass is 10.0. The van der Waals surface area contributed by atoms with Crippen molar-refractivity contribution in [2.45, 2.75) is 12.5 Å². The summed E-state index contributed by atoms with van der Waals surface area (Å²) < 4.78 is 5.19.